The van der Waals surface area contributed by atoms with E-state index in [-0.39, 0.29) is 5.91 Å². The summed E-state index contributed by atoms with van der Waals surface area (Å²) >= 11 is 0. The Morgan fingerprint density at radius 1 is 1.40 bits per heavy atom. The molecule has 1 aliphatic heterocycles. The zero-order valence-electron chi connectivity index (χ0n) is 14.5. The van der Waals surface area contributed by atoms with Gasteiger partial charge in [-0.3, -0.25) is 9.69 Å². The average Bonchev–Trinajstić information content (AvgIpc) is 3.29. The van der Waals surface area contributed by atoms with Gasteiger partial charge in [-0.15, -0.1) is 0 Å². The number of carbonyl (C=O) groups is 1. The highest BCUT2D eigenvalue weighted by Gasteiger charge is 2.24. The molecule has 6 heteroatoms. The third-order valence-corrected chi connectivity index (χ3v) is 4.70. The molecule has 1 saturated heterocycles. The van der Waals surface area contributed by atoms with Crippen molar-refractivity contribution in [2.45, 2.75) is 26.4 Å². The fourth-order valence-corrected chi connectivity index (χ4v) is 3.24. The fourth-order valence-electron chi connectivity index (χ4n) is 3.24. The smallest absolute Gasteiger partial charge is 0.251 e. The molecule has 130 valence electrons. The van der Waals surface area contributed by atoms with Gasteiger partial charge in [0, 0.05) is 37.6 Å². The molecule has 1 fully saturated rings. The molecule has 0 unspecified atom stereocenters. The molecule has 2 aromatic rings. The molecule has 1 aromatic heterocycles. The van der Waals surface area contributed by atoms with Gasteiger partial charge in [0.15, 0.2) is 0 Å². The number of nitriles is 1. The summed E-state index contributed by atoms with van der Waals surface area (Å²) in [4.78, 5) is 19.0. The monoisotopic (exact) mass is 337 g/mol. The molecule has 0 spiro atoms. The predicted molar refractivity (Wildman–Crippen MR) is 94.8 cm³/mol. The summed E-state index contributed by atoms with van der Waals surface area (Å²) in [6, 6.07) is 8.78. The van der Waals surface area contributed by atoms with Gasteiger partial charge in [-0.1, -0.05) is 0 Å². The Balaban J connectivity index is 1.46. The highest BCUT2D eigenvalue weighted by Crippen LogP contribution is 2.18. The van der Waals surface area contributed by atoms with Crippen LogP contribution in [0.5, 0.6) is 0 Å². The minimum Gasteiger partial charge on any atom is -0.352 e. The van der Waals surface area contributed by atoms with Gasteiger partial charge in [0.1, 0.15) is 5.82 Å². The van der Waals surface area contributed by atoms with E-state index in [9.17, 15) is 4.79 Å². The highest BCUT2D eigenvalue weighted by atomic mass is 16.1. The molecule has 6 nitrogen and oxygen atoms in total. The van der Waals surface area contributed by atoms with Crippen LogP contribution in [0.15, 0.2) is 36.7 Å². The number of benzene rings is 1. The largest absolute Gasteiger partial charge is 0.352 e. The van der Waals surface area contributed by atoms with Crippen LogP contribution in [-0.4, -0.2) is 40.0 Å². The summed E-state index contributed by atoms with van der Waals surface area (Å²) in [5.74, 6) is 1.49. The second-order valence-electron chi connectivity index (χ2n) is 6.42. The fraction of sp³-hybridized carbons (Fsp3) is 0.421. The first-order chi connectivity index (χ1) is 12.2. The Hall–Kier alpha value is -2.65. The van der Waals surface area contributed by atoms with E-state index in [2.05, 4.69) is 32.8 Å². The second kappa shape index (κ2) is 7.95. The number of likely N-dealkylation sites (tertiary alicyclic amines) is 1. The van der Waals surface area contributed by atoms with Gasteiger partial charge >= 0.3 is 0 Å². The lowest BCUT2D eigenvalue weighted by Crippen LogP contribution is -2.31. The van der Waals surface area contributed by atoms with Crippen LogP contribution in [-0.2, 0) is 13.1 Å². The molecule has 1 amide bonds. The molecular weight excluding hydrogens is 314 g/mol. The van der Waals surface area contributed by atoms with Gasteiger partial charge in [-0.05, 0) is 50.1 Å². The Labute approximate surface area is 148 Å². The first-order valence-corrected chi connectivity index (χ1v) is 8.70. The third-order valence-electron chi connectivity index (χ3n) is 4.70. The first kappa shape index (κ1) is 17.2. The molecule has 1 N–H and O–H groups in total. The standard InChI is InChI=1S/C19H23N5O/c1-2-24-10-8-21-18(24)14-23-9-7-16(13-23)12-22-19(25)17-5-3-15(11-20)4-6-17/h3-6,8,10,16H,2,7,9,12-14H2,1H3,(H,22,25)/t16-/m0/s1. The van der Waals surface area contributed by atoms with Crippen molar-refractivity contribution in [3.63, 3.8) is 0 Å². The predicted octanol–water partition coefficient (Wildman–Crippen LogP) is 2.03. The molecule has 0 aliphatic carbocycles. The normalized spacial score (nSPS) is 17.4. The van der Waals surface area contributed by atoms with Crippen LogP contribution in [0.1, 0.15) is 35.1 Å². The van der Waals surface area contributed by atoms with Crippen LogP contribution in [0, 0.1) is 17.2 Å². The Morgan fingerprint density at radius 3 is 2.92 bits per heavy atom. The van der Waals surface area contributed by atoms with Gasteiger partial charge in [0.05, 0.1) is 18.2 Å². The maximum atomic E-state index is 12.2. The zero-order chi connectivity index (χ0) is 17.6. The van der Waals surface area contributed by atoms with E-state index in [4.69, 9.17) is 5.26 Å². The van der Waals surface area contributed by atoms with Gasteiger partial charge in [0.2, 0.25) is 0 Å². The van der Waals surface area contributed by atoms with Crippen LogP contribution >= 0.6 is 0 Å². The summed E-state index contributed by atoms with van der Waals surface area (Å²) in [6.45, 7) is 6.61. The second-order valence-corrected chi connectivity index (χ2v) is 6.42. The number of hydrogen-bond acceptors (Lipinski definition) is 4. The zero-order valence-corrected chi connectivity index (χ0v) is 14.5. The van der Waals surface area contributed by atoms with Crippen molar-refractivity contribution in [1.82, 2.24) is 19.8 Å². The first-order valence-electron chi connectivity index (χ1n) is 8.70. The molecule has 0 saturated carbocycles. The molecule has 2 heterocycles. The lowest BCUT2D eigenvalue weighted by molar-refractivity contribution is 0.0947. The number of nitrogens with one attached hydrogen (secondary N) is 1. The number of amides is 1. The quantitative estimate of drug-likeness (QED) is 0.875. The molecule has 1 aromatic carbocycles. The molecule has 3 rings (SSSR count). The minimum absolute atomic E-state index is 0.0792. The number of rotatable bonds is 6. The van der Waals surface area contributed by atoms with E-state index in [1.165, 1.54) is 0 Å². The van der Waals surface area contributed by atoms with Gasteiger partial charge in [-0.25, -0.2) is 4.98 Å². The van der Waals surface area contributed by atoms with Crippen LogP contribution < -0.4 is 5.32 Å². The third kappa shape index (κ3) is 4.25. The van der Waals surface area contributed by atoms with E-state index in [1.807, 2.05) is 12.4 Å². The average molecular weight is 337 g/mol. The number of imidazole rings is 1. The number of nitrogens with zero attached hydrogens (tertiary/aromatic N) is 4. The highest BCUT2D eigenvalue weighted by molar-refractivity contribution is 5.94. The maximum Gasteiger partial charge on any atom is 0.251 e. The Bertz CT molecular complexity index is 759. The van der Waals surface area contributed by atoms with Crippen molar-refractivity contribution < 1.29 is 4.79 Å². The van der Waals surface area contributed by atoms with E-state index in [0.717, 1.165) is 38.4 Å². The molecule has 1 aliphatic rings. The summed E-state index contributed by atoms with van der Waals surface area (Å²) in [6.07, 6.45) is 4.95. The van der Waals surface area contributed by atoms with Crippen LogP contribution in [0.3, 0.4) is 0 Å². The number of aromatic nitrogens is 2. The van der Waals surface area contributed by atoms with E-state index >= 15 is 0 Å². The van der Waals surface area contributed by atoms with E-state index in [1.54, 1.807) is 24.3 Å². The molecular formula is C19H23N5O. The topological polar surface area (TPSA) is 74.0 Å². The molecule has 1 atom stereocenters. The summed E-state index contributed by atoms with van der Waals surface area (Å²) in [5, 5.41) is 11.8. The number of carbonyl (C=O) groups excluding carboxylic acids is 1. The molecule has 0 radical (unpaired) electrons. The summed E-state index contributed by atoms with van der Waals surface area (Å²) in [5.41, 5.74) is 1.16. The van der Waals surface area contributed by atoms with Gasteiger partial charge in [0.25, 0.3) is 5.91 Å². The van der Waals surface area contributed by atoms with Crippen LogP contribution in [0.4, 0.5) is 0 Å². The van der Waals surface area contributed by atoms with Crippen LogP contribution in [0.25, 0.3) is 0 Å². The van der Waals surface area contributed by atoms with Crippen LogP contribution in [0.2, 0.25) is 0 Å². The van der Waals surface area contributed by atoms with Crippen molar-refractivity contribution in [2.24, 2.45) is 5.92 Å². The molecule has 0 bridgehead atoms. The van der Waals surface area contributed by atoms with Crippen molar-refractivity contribution in [2.75, 3.05) is 19.6 Å². The summed E-state index contributed by atoms with van der Waals surface area (Å²) < 4.78 is 2.17. The Morgan fingerprint density at radius 2 is 2.20 bits per heavy atom. The van der Waals surface area contributed by atoms with Crippen molar-refractivity contribution in [3.05, 3.63) is 53.6 Å². The van der Waals surface area contributed by atoms with Crippen molar-refractivity contribution in [1.29, 1.82) is 5.26 Å². The van der Waals surface area contributed by atoms with Gasteiger partial charge < -0.3 is 9.88 Å². The maximum absolute atomic E-state index is 12.2. The lowest BCUT2D eigenvalue weighted by atomic mass is 10.1. The minimum atomic E-state index is -0.0792. The SMILES string of the molecule is CCn1ccnc1CN1CC[C@@H](CNC(=O)c2ccc(C#N)cc2)C1. The molecule has 25 heavy (non-hydrogen) atoms. The van der Waals surface area contributed by atoms with E-state index in [0.29, 0.717) is 23.6 Å². The van der Waals surface area contributed by atoms with Crippen molar-refractivity contribution >= 4 is 5.91 Å². The van der Waals surface area contributed by atoms with Gasteiger partial charge in [-0.2, -0.15) is 5.26 Å². The number of aryl methyl sites for hydroxylation is 1. The van der Waals surface area contributed by atoms with E-state index < -0.39 is 0 Å². The Kier molecular flexibility index (Phi) is 5.46. The summed E-state index contributed by atoms with van der Waals surface area (Å²) in [7, 11) is 0. The lowest BCUT2D eigenvalue weighted by Gasteiger charge is -2.16. The van der Waals surface area contributed by atoms with Crippen molar-refractivity contribution in [3.8, 4) is 6.07 Å². The number of hydrogen-bond donors (Lipinski definition) is 1.